The Balaban J connectivity index is 1.23. The molecular weight excluding hydrogens is 461 g/mol. The van der Waals surface area contributed by atoms with Gasteiger partial charge in [-0.2, -0.15) is 0 Å². The summed E-state index contributed by atoms with van der Waals surface area (Å²) in [4.78, 5) is 38.4. The smallest absolute Gasteiger partial charge is 0.274 e. The molecule has 0 spiro atoms. The molecule has 168 valence electrons. The lowest BCUT2D eigenvalue weighted by molar-refractivity contribution is 0.0690. The van der Waals surface area contributed by atoms with Crippen LogP contribution < -0.4 is 5.32 Å². The summed E-state index contributed by atoms with van der Waals surface area (Å²) in [6.07, 6.45) is 4.46. The van der Waals surface area contributed by atoms with Gasteiger partial charge >= 0.3 is 0 Å². The standard InChI is InChI=1S/C23H20FN5O2S2/c1-12-27-19(20(33-12)13-3-2-4-15(24)7-13)22(31)29-11-14-8-16(14)17(29)9-25-21(30)18-10-26-23-28(18)5-6-32-23/h2-7,10,14,16-17H,8-9,11H2,1H3,(H,25,30)/t14-,16-,17-/m1/s1. The van der Waals surface area contributed by atoms with E-state index in [0.717, 1.165) is 16.4 Å². The molecule has 6 rings (SSSR count). The number of nitrogens with one attached hydrogen (secondary N) is 1. The van der Waals surface area contributed by atoms with E-state index >= 15 is 0 Å². The first kappa shape index (κ1) is 20.5. The summed E-state index contributed by atoms with van der Waals surface area (Å²) >= 11 is 2.86. The van der Waals surface area contributed by atoms with E-state index in [1.165, 1.54) is 34.8 Å². The Morgan fingerprint density at radius 1 is 1.33 bits per heavy atom. The van der Waals surface area contributed by atoms with Gasteiger partial charge in [-0.3, -0.25) is 14.0 Å². The molecule has 1 N–H and O–H groups in total. The number of aromatic nitrogens is 3. The molecule has 0 bridgehead atoms. The maximum atomic E-state index is 13.8. The van der Waals surface area contributed by atoms with Crippen LogP contribution in [0, 0.1) is 24.6 Å². The van der Waals surface area contributed by atoms with Gasteiger partial charge in [0.1, 0.15) is 17.2 Å². The van der Waals surface area contributed by atoms with Crippen LogP contribution in [-0.2, 0) is 0 Å². The van der Waals surface area contributed by atoms with Gasteiger partial charge in [0, 0.05) is 24.7 Å². The molecule has 0 radical (unpaired) electrons. The quantitative estimate of drug-likeness (QED) is 0.470. The first-order chi connectivity index (χ1) is 16.0. The highest BCUT2D eigenvalue weighted by molar-refractivity contribution is 7.15. The zero-order chi connectivity index (χ0) is 22.7. The average Bonchev–Trinajstić information content (AvgIpc) is 3.19. The van der Waals surface area contributed by atoms with Crippen molar-refractivity contribution < 1.29 is 14.0 Å². The first-order valence-corrected chi connectivity index (χ1v) is 12.4. The van der Waals surface area contributed by atoms with Crippen LogP contribution in [0.25, 0.3) is 15.4 Å². The van der Waals surface area contributed by atoms with Crippen molar-refractivity contribution in [1.82, 2.24) is 24.6 Å². The van der Waals surface area contributed by atoms with Crippen molar-refractivity contribution in [2.75, 3.05) is 13.1 Å². The highest BCUT2D eigenvalue weighted by Crippen LogP contribution is 2.50. The summed E-state index contributed by atoms with van der Waals surface area (Å²) in [5.74, 6) is 0.140. The monoisotopic (exact) mass is 481 g/mol. The van der Waals surface area contributed by atoms with Crippen LogP contribution in [0.1, 0.15) is 32.4 Å². The molecule has 2 fully saturated rings. The van der Waals surface area contributed by atoms with E-state index in [1.807, 2.05) is 23.4 Å². The van der Waals surface area contributed by atoms with Gasteiger partial charge in [-0.15, -0.1) is 22.7 Å². The number of hydrogen-bond acceptors (Lipinski definition) is 6. The van der Waals surface area contributed by atoms with Crippen LogP contribution in [0.2, 0.25) is 0 Å². The van der Waals surface area contributed by atoms with E-state index in [4.69, 9.17) is 0 Å². The number of hydrogen-bond donors (Lipinski definition) is 1. The van der Waals surface area contributed by atoms with Crippen LogP contribution in [-0.4, -0.2) is 50.2 Å². The molecule has 1 aliphatic carbocycles. The van der Waals surface area contributed by atoms with E-state index in [9.17, 15) is 14.0 Å². The third-order valence-corrected chi connectivity index (χ3v) is 8.23. The molecule has 1 saturated carbocycles. The summed E-state index contributed by atoms with van der Waals surface area (Å²) in [7, 11) is 0. The second-order valence-electron chi connectivity index (χ2n) is 8.51. The Hall–Kier alpha value is -3.11. The molecule has 10 heteroatoms. The largest absolute Gasteiger partial charge is 0.349 e. The van der Waals surface area contributed by atoms with E-state index in [1.54, 1.807) is 22.7 Å². The molecule has 3 aromatic heterocycles. The summed E-state index contributed by atoms with van der Waals surface area (Å²) < 4.78 is 15.6. The van der Waals surface area contributed by atoms with Gasteiger partial charge in [-0.05, 0) is 42.9 Å². The Morgan fingerprint density at radius 2 is 2.21 bits per heavy atom. The molecule has 0 unspecified atom stereocenters. The predicted octanol–water partition coefficient (Wildman–Crippen LogP) is 3.86. The Bertz CT molecular complexity index is 1390. The lowest BCUT2D eigenvalue weighted by Crippen LogP contribution is -2.46. The molecule has 2 amide bonds. The minimum Gasteiger partial charge on any atom is -0.349 e. The number of imidazole rings is 1. The number of benzene rings is 1. The number of fused-ring (bicyclic) bond motifs is 2. The number of halogens is 1. The summed E-state index contributed by atoms with van der Waals surface area (Å²) in [6, 6.07) is 6.16. The van der Waals surface area contributed by atoms with Crippen LogP contribution in [0.5, 0.6) is 0 Å². The molecule has 7 nitrogen and oxygen atoms in total. The zero-order valence-electron chi connectivity index (χ0n) is 17.7. The average molecular weight is 482 g/mol. The topological polar surface area (TPSA) is 79.6 Å². The summed E-state index contributed by atoms with van der Waals surface area (Å²) in [5.41, 5.74) is 1.49. The van der Waals surface area contributed by atoms with Gasteiger partial charge < -0.3 is 10.2 Å². The van der Waals surface area contributed by atoms with Crippen molar-refractivity contribution >= 4 is 39.4 Å². The van der Waals surface area contributed by atoms with Crippen molar-refractivity contribution in [3.63, 3.8) is 0 Å². The number of carbonyl (C=O) groups is 2. The van der Waals surface area contributed by atoms with Gasteiger partial charge in [0.15, 0.2) is 4.96 Å². The molecule has 2 aliphatic rings. The summed E-state index contributed by atoms with van der Waals surface area (Å²) in [6.45, 7) is 2.88. The molecule has 1 saturated heterocycles. The summed E-state index contributed by atoms with van der Waals surface area (Å²) in [5, 5.41) is 5.65. The van der Waals surface area contributed by atoms with E-state index < -0.39 is 0 Å². The van der Waals surface area contributed by atoms with Gasteiger partial charge in [-0.25, -0.2) is 14.4 Å². The fraction of sp³-hybridized carbons (Fsp3) is 0.304. The number of thiazole rings is 2. The number of aryl methyl sites for hydroxylation is 1. The lowest BCUT2D eigenvalue weighted by atomic mass is 10.1. The highest BCUT2D eigenvalue weighted by Gasteiger charge is 2.54. The normalized spacial score (nSPS) is 21.4. The molecule has 33 heavy (non-hydrogen) atoms. The SMILES string of the molecule is Cc1nc(C(=O)N2C[C@H]3C[C@H]3[C@H]2CNC(=O)c2cnc3sccn23)c(-c2cccc(F)c2)s1. The second kappa shape index (κ2) is 7.74. The van der Waals surface area contributed by atoms with E-state index in [0.29, 0.717) is 46.8 Å². The van der Waals surface area contributed by atoms with Crippen molar-refractivity contribution in [1.29, 1.82) is 0 Å². The first-order valence-electron chi connectivity index (χ1n) is 10.7. The predicted molar refractivity (Wildman–Crippen MR) is 124 cm³/mol. The zero-order valence-corrected chi connectivity index (χ0v) is 19.3. The Morgan fingerprint density at radius 3 is 3.06 bits per heavy atom. The van der Waals surface area contributed by atoms with Gasteiger partial charge in [0.2, 0.25) is 0 Å². The molecular formula is C23H20FN5O2S2. The minimum atomic E-state index is -0.348. The van der Waals surface area contributed by atoms with Crippen molar-refractivity contribution in [2.45, 2.75) is 19.4 Å². The van der Waals surface area contributed by atoms with Crippen LogP contribution in [0.3, 0.4) is 0 Å². The third-order valence-electron chi connectivity index (χ3n) is 6.44. The van der Waals surface area contributed by atoms with Crippen LogP contribution >= 0.6 is 22.7 Å². The van der Waals surface area contributed by atoms with Crippen molar-refractivity contribution in [2.24, 2.45) is 11.8 Å². The number of rotatable bonds is 5. The van der Waals surface area contributed by atoms with Crippen LogP contribution in [0.15, 0.2) is 42.0 Å². The third kappa shape index (κ3) is 3.53. The highest BCUT2D eigenvalue weighted by atomic mass is 32.1. The van der Waals surface area contributed by atoms with Gasteiger partial charge in [0.25, 0.3) is 11.8 Å². The fourth-order valence-corrected chi connectivity index (χ4v) is 6.38. The Kier molecular flexibility index (Phi) is 4.81. The maximum Gasteiger partial charge on any atom is 0.274 e. The fourth-order valence-electron chi connectivity index (χ4n) is 4.78. The lowest BCUT2D eigenvalue weighted by Gasteiger charge is -2.27. The minimum absolute atomic E-state index is 0.0836. The van der Waals surface area contributed by atoms with E-state index in [-0.39, 0.29) is 23.7 Å². The number of carbonyl (C=O) groups excluding carboxylic acids is 2. The van der Waals surface area contributed by atoms with Gasteiger partial charge in [-0.1, -0.05) is 12.1 Å². The Labute approximate surface area is 196 Å². The number of likely N-dealkylation sites (tertiary alicyclic amines) is 1. The van der Waals surface area contributed by atoms with Crippen molar-refractivity contribution in [3.05, 3.63) is 64.3 Å². The number of nitrogens with zero attached hydrogens (tertiary/aromatic N) is 4. The molecule has 1 aliphatic heterocycles. The molecule has 1 aromatic carbocycles. The van der Waals surface area contributed by atoms with Crippen LogP contribution in [0.4, 0.5) is 4.39 Å². The van der Waals surface area contributed by atoms with Crippen molar-refractivity contribution in [3.8, 4) is 10.4 Å². The molecule has 4 heterocycles. The van der Waals surface area contributed by atoms with E-state index in [2.05, 4.69) is 15.3 Å². The molecule has 4 aromatic rings. The second-order valence-corrected chi connectivity index (χ2v) is 10.6. The number of piperidine rings is 1. The maximum absolute atomic E-state index is 13.8. The number of amides is 2. The molecule has 3 atom stereocenters. The van der Waals surface area contributed by atoms with Gasteiger partial charge in [0.05, 0.1) is 22.1 Å².